The summed E-state index contributed by atoms with van der Waals surface area (Å²) in [5.41, 5.74) is 5.06. The summed E-state index contributed by atoms with van der Waals surface area (Å²) in [7, 11) is 0. The highest BCUT2D eigenvalue weighted by Gasteiger charge is 2.16. The Kier molecular flexibility index (Phi) is 5.46. The van der Waals surface area contributed by atoms with Crippen molar-refractivity contribution in [1.29, 1.82) is 0 Å². The van der Waals surface area contributed by atoms with E-state index in [4.69, 9.17) is 10.5 Å². The lowest BCUT2D eigenvalue weighted by Crippen LogP contribution is -2.20. The van der Waals surface area contributed by atoms with Crippen LogP contribution in [0.3, 0.4) is 0 Å². The van der Waals surface area contributed by atoms with E-state index >= 15 is 0 Å². The molecule has 0 aromatic carbocycles. The van der Waals surface area contributed by atoms with Gasteiger partial charge in [0.15, 0.2) is 0 Å². The van der Waals surface area contributed by atoms with Crippen molar-refractivity contribution in [3.05, 3.63) is 27.0 Å². The van der Waals surface area contributed by atoms with Crippen LogP contribution in [0.15, 0.2) is 16.9 Å². The van der Waals surface area contributed by atoms with Gasteiger partial charge in [0.25, 0.3) is 0 Å². The van der Waals surface area contributed by atoms with E-state index in [-0.39, 0.29) is 18.9 Å². The first-order chi connectivity index (χ1) is 8.52. The Balaban J connectivity index is 2.56. The van der Waals surface area contributed by atoms with Crippen LogP contribution >= 0.6 is 15.9 Å². The molecule has 1 rings (SSSR count). The van der Waals surface area contributed by atoms with Crippen LogP contribution in [-0.4, -0.2) is 35.6 Å². The van der Waals surface area contributed by atoms with Crippen molar-refractivity contribution in [3.63, 3.8) is 0 Å². The zero-order valence-corrected chi connectivity index (χ0v) is 10.8. The lowest BCUT2D eigenvalue weighted by atomic mass is 10.3. The van der Waals surface area contributed by atoms with Crippen LogP contribution in [0.4, 0.5) is 11.4 Å². The summed E-state index contributed by atoms with van der Waals surface area (Å²) in [5, 5.41) is 13.6. The Bertz CT molecular complexity index is 454. The summed E-state index contributed by atoms with van der Waals surface area (Å²) in [6.45, 7) is 0.326. The van der Waals surface area contributed by atoms with Gasteiger partial charge in [0.05, 0.1) is 16.0 Å². The fraction of sp³-hybridized carbons (Fsp3) is 0.333. The molecular formula is C9H11BrN4O4. The number of nitro groups is 1. The van der Waals surface area contributed by atoms with Crippen LogP contribution in [-0.2, 0) is 9.53 Å². The summed E-state index contributed by atoms with van der Waals surface area (Å²) in [5.74, 6) is -0.564. The molecule has 1 heterocycles. The van der Waals surface area contributed by atoms with Crippen molar-refractivity contribution >= 4 is 33.2 Å². The third-order valence-electron chi connectivity index (χ3n) is 1.87. The molecule has 18 heavy (non-hydrogen) atoms. The molecule has 0 spiro atoms. The molecule has 0 saturated heterocycles. The van der Waals surface area contributed by atoms with Gasteiger partial charge in [0.1, 0.15) is 18.5 Å². The smallest absolute Gasteiger partial charge is 0.311 e. The topological polar surface area (TPSA) is 120 Å². The van der Waals surface area contributed by atoms with Gasteiger partial charge in [-0.25, -0.2) is 0 Å². The predicted octanol–water partition coefficient (Wildman–Crippen LogP) is 0.666. The number of halogens is 1. The number of amides is 1. The quantitative estimate of drug-likeness (QED) is 0.433. The first-order valence-corrected chi connectivity index (χ1v) is 5.69. The van der Waals surface area contributed by atoms with Crippen LogP contribution in [0.1, 0.15) is 0 Å². The van der Waals surface area contributed by atoms with Crippen molar-refractivity contribution in [2.24, 2.45) is 5.73 Å². The summed E-state index contributed by atoms with van der Waals surface area (Å²) >= 11 is 3.16. The lowest BCUT2D eigenvalue weighted by Gasteiger charge is -2.08. The molecule has 98 valence electrons. The molecule has 1 amide bonds. The minimum Gasteiger partial charge on any atom is -0.376 e. The van der Waals surface area contributed by atoms with Gasteiger partial charge in [-0.1, -0.05) is 0 Å². The highest BCUT2D eigenvalue weighted by atomic mass is 79.9. The number of carbonyl (C=O) groups is 1. The molecule has 0 aliphatic heterocycles. The average molecular weight is 319 g/mol. The Morgan fingerprint density at radius 2 is 2.33 bits per heavy atom. The normalized spacial score (nSPS) is 10.1. The standard InChI is InChI=1S/C9H11BrN4O4/c10-6-3-12-4-7(14(16)17)9(6)13-1-2-18-5-8(11)15/h3-4H,1-2,5H2,(H2,11,15)(H,12,13). The SMILES string of the molecule is NC(=O)COCCNc1c(Br)cncc1[N+](=O)[O-]. The van der Waals surface area contributed by atoms with Crippen LogP contribution in [0.25, 0.3) is 0 Å². The molecule has 0 saturated carbocycles. The number of anilines is 1. The predicted molar refractivity (Wildman–Crippen MR) is 67.1 cm³/mol. The second-order valence-corrected chi connectivity index (χ2v) is 4.07. The second kappa shape index (κ2) is 6.87. The van der Waals surface area contributed by atoms with Gasteiger partial charge in [-0.05, 0) is 15.9 Å². The number of rotatable bonds is 7. The zero-order chi connectivity index (χ0) is 13.5. The largest absolute Gasteiger partial charge is 0.376 e. The van der Waals surface area contributed by atoms with Crippen molar-refractivity contribution in [1.82, 2.24) is 4.98 Å². The molecule has 9 heteroatoms. The first kappa shape index (κ1) is 14.3. The Hall–Kier alpha value is -1.74. The summed E-state index contributed by atoms with van der Waals surface area (Å²) in [6, 6.07) is 0. The molecule has 0 radical (unpaired) electrons. The van der Waals surface area contributed by atoms with Gasteiger partial charge in [-0.15, -0.1) is 0 Å². The van der Waals surface area contributed by atoms with E-state index in [0.29, 0.717) is 16.7 Å². The van der Waals surface area contributed by atoms with E-state index in [1.54, 1.807) is 0 Å². The molecule has 0 aliphatic rings. The number of aromatic nitrogens is 1. The Labute approximate surface area is 111 Å². The fourth-order valence-electron chi connectivity index (χ4n) is 1.16. The van der Waals surface area contributed by atoms with Crippen LogP contribution in [0.2, 0.25) is 0 Å². The van der Waals surface area contributed by atoms with E-state index in [0.717, 1.165) is 6.20 Å². The molecular weight excluding hydrogens is 308 g/mol. The van der Waals surface area contributed by atoms with E-state index in [1.807, 2.05) is 0 Å². The molecule has 0 aliphatic carbocycles. The van der Waals surface area contributed by atoms with Crippen LogP contribution in [0.5, 0.6) is 0 Å². The minimum absolute atomic E-state index is 0.140. The maximum Gasteiger partial charge on any atom is 0.311 e. The minimum atomic E-state index is -0.564. The number of pyridine rings is 1. The summed E-state index contributed by atoms with van der Waals surface area (Å²) < 4.78 is 5.40. The number of nitrogens with one attached hydrogen (secondary N) is 1. The van der Waals surface area contributed by atoms with Crippen LogP contribution < -0.4 is 11.1 Å². The van der Waals surface area contributed by atoms with Crippen molar-refractivity contribution in [3.8, 4) is 0 Å². The monoisotopic (exact) mass is 318 g/mol. The van der Waals surface area contributed by atoms with Gasteiger partial charge in [0.2, 0.25) is 5.91 Å². The van der Waals surface area contributed by atoms with E-state index in [1.165, 1.54) is 6.20 Å². The maximum absolute atomic E-state index is 10.8. The molecule has 0 atom stereocenters. The van der Waals surface area contributed by atoms with E-state index < -0.39 is 10.8 Å². The molecule has 8 nitrogen and oxygen atoms in total. The van der Waals surface area contributed by atoms with Gasteiger partial charge >= 0.3 is 5.69 Å². The third-order valence-corrected chi connectivity index (χ3v) is 2.47. The zero-order valence-electron chi connectivity index (χ0n) is 9.26. The number of nitrogens with two attached hydrogens (primary N) is 1. The summed E-state index contributed by atoms with van der Waals surface area (Å²) in [6.07, 6.45) is 2.59. The van der Waals surface area contributed by atoms with Gasteiger partial charge in [0, 0.05) is 12.7 Å². The number of primary amides is 1. The van der Waals surface area contributed by atoms with Crippen molar-refractivity contribution in [2.75, 3.05) is 25.1 Å². The van der Waals surface area contributed by atoms with E-state index in [2.05, 4.69) is 26.2 Å². The van der Waals surface area contributed by atoms with Gasteiger partial charge < -0.3 is 15.8 Å². The number of hydrogen-bond acceptors (Lipinski definition) is 6. The highest BCUT2D eigenvalue weighted by molar-refractivity contribution is 9.10. The van der Waals surface area contributed by atoms with Gasteiger partial charge in [-0.3, -0.25) is 19.9 Å². The molecule has 1 aromatic heterocycles. The average Bonchev–Trinajstić information content (AvgIpc) is 2.29. The number of carbonyl (C=O) groups excluding carboxylic acids is 1. The molecule has 1 aromatic rings. The number of hydrogen-bond donors (Lipinski definition) is 2. The van der Waals surface area contributed by atoms with Gasteiger partial charge in [-0.2, -0.15) is 0 Å². The lowest BCUT2D eigenvalue weighted by molar-refractivity contribution is -0.384. The number of ether oxygens (including phenoxy) is 1. The Morgan fingerprint density at radius 3 is 2.94 bits per heavy atom. The summed E-state index contributed by atoms with van der Waals surface area (Å²) in [4.78, 5) is 24.3. The van der Waals surface area contributed by atoms with Crippen LogP contribution in [0, 0.1) is 10.1 Å². The van der Waals surface area contributed by atoms with Crippen molar-refractivity contribution in [2.45, 2.75) is 0 Å². The molecule has 0 fully saturated rings. The number of nitrogens with zero attached hydrogens (tertiary/aromatic N) is 2. The fourth-order valence-corrected chi connectivity index (χ4v) is 1.62. The maximum atomic E-state index is 10.8. The third kappa shape index (κ3) is 4.26. The highest BCUT2D eigenvalue weighted by Crippen LogP contribution is 2.30. The molecule has 0 unspecified atom stereocenters. The first-order valence-electron chi connectivity index (χ1n) is 4.90. The molecule has 0 bridgehead atoms. The Morgan fingerprint density at radius 1 is 1.61 bits per heavy atom. The molecule has 3 N–H and O–H groups in total. The van der Waals surface area contributed by atoms with Crippen molar-refractivity contribution < 1.29 is 14.5 Å². The second-order valence-electron chi connectivity index (χ2n) is 3.22. The van der Waals surface area contributed by atoms with E-state index in [9.17, 15) is 14.9 Å².